The van der Waals surface area contributed by atoms with Gasteiger partial charge < -0.3 is 0 Å². The van der Waals surface area contributed by atoms with Crippen molar-refractivity contribution in [3.8, 4) is 67.3 Å². The van der Waals surface area contributed by atoms with Gasteiger partial charge in [-0.1, -0.05) is 206 Å². The molecule has 12 nitrogen and oxygen atoms in total. The van der Waals surface area contributed by atoms with E-state index in [0.717, 1.165) is 101 Å². The second kappa shape index (κ2) is 23.6. The van der Waals surface area contributed by atoms with Crippen LogP contribution in [0.4, 0.5) is 52.0 Å². The summed E-state index contributed by atoms with van der Waals surface area (Å²) in [5.41, 5.74) is 21.9. The van der Waals surface area contributed by atoms with Gasteiger partial charge in [-0.2, -0.15) is 0 Å². The maximum atomic E-state index is 5.14. The maximum absolute atomic E-state index is 5.14. The number of anilines is 9. The van der Waals surface area contributed by atoms with Crippen LogP contribution in [0.5, 0.6) is 0 Å². The first-order chi connectivity index (χ1) is 49.1. The SMILES string of the molecule is c1ccc(-c2nc(N3c4ccccc4-c4cccc5cccc3c45)nc3ccccc23)nc1.c1ccc2c(c1)-c1cccc3cccc(c13)N2c1nc(-c2ccncc2)c2ccccc2n1.c1cncc(-c2nc(N3c4ccccc4-c4cccc5cccc3c45)nc3ccccc23)c1. The Hall–Kier alpha value is -13.7. The molecule has 3 aliphatic rings. The topological polar surface area (TPSA) is 126 Å². The van der Waals surface area contributed by atoms with Crippen LogP contribution in [0.2, 0.25) is 0 Å². The van der Waals surface area contributed by atoms with E-state index in [-0.39, 0.29) is 0 Å². The maximum Gasteiger partial charge on any atom is 0.235 e. The van der Waals surface area contributed by atoms with Crippen LogP contribution in [0.1, 0.15) is 0 Å². The van der Waals surface area contributed by atoms with E-state index in [1.807, 2.05) is 97.2 Å². The van der Waals surface area contributed by atoms with Crippen molar-refractivity contribution < 1.29 is 0 Å². The molecule has 0 atom stereocenters. The highest BCUT2D eigenvalue weighted by atomic mass is 15.3. The molecule has 12 heteroatoms. The minimum Gasteiger partial charge on any atom is -0.278 e. The molecule has 9 heterocycles. The van der Waals surface area contributed by atoms with Crippen LogP contribution in [0.25, 0.3) is 132 Å². The van der Waals surface area contributed by atoms with Crippen LogP contribution in [-0.4, -0.2) is 44.9 Å². The normalized spacial score (nSPS) is 12.2. The largest absolute Gasteiger partial charge is 0.278 e. The summed E-state index contributed by atoms with van der Waals surface area (Å²) in [6.45, 7) is 0. The molecule has 0 bridgehead atoms. The molecule has 21 rings (SSSR count). The fourth-order valence-electron chi connectivity index (χ4n) is 14.6. The molecule has 12 aromatic carbocycles. The Morgan fingerprint density at radius 3 is 1.01 bits per heavy atom. The number of para-hydroxylation sites is 6. The van der Waals surface area contributed by atoms with Crippen LogP contribution >= 0.6 is 0 Å². The number of nitrogens with zero attached hydrogens (tertiary/aromatic N) is 12. The Morgan fingerprint density at radius 1 is 0.222 bits per heavy atom. The van der Waals surface area contributed by atoms with Crippen molar-refractivity contribution in [1.82, 2.24) is 44.9 Å². The van der Waals surface area contributed by atoms with Gasteiger partial charge in [-0.3, -0.25) is 29.7 Å². The summed E-state index contributed by atoms with van der Waals surface area (Å²) in [6, 6.07) is 103. The van der Waals surface area contributed by atoms with Gasteiger partial charge in [-0.15, -0.1) is 0 Å². The molecule has 18 aromatic rings. The van der Waals surface area contributed by atoms with E-state index in [4.69, 9.17) is 29.9 Å². The van der Waals surface area contributed by atoms with Crippen molar-refractivity contribution >= 4 is 117 Å². The Bertz CT molecular complexity index is 5610. The first kappa shape index (κ1) is 56.8. The average Bonchev–Trinajstić information content (AvgIpc) is 0.738. The predicted molar refractivity (Wildman–Crippen MR) is 402 cm³/mol. The summed E-state index contributed by atoms with van der Waals surface area (Å²) in [6.07, 6.45) is 9.06. The van der Waals surface area contributed by atoms with E-state index in [2.05, 4.69) is 236 Å². The number of hydrogen-bond donors (Lipinski definition) is 0. The zero-order valence-corrected chi connectivity index (χ0v) is 53.0. The van der Waals surface area contributed by atoms with E-state index >= 15 is 0 Å². The average molecular weight is 1270 g/mol. The third-order valence-corrected chi connectivity index (χ3v) is 18.8. The minimum absolute atomic E-state index is 0.642. The second-order valence-electron chi connectivity index (χ2n) is 24.5. The Kier molecular flexibility index (Phi) is 13.6. The molecular formula is C87H54N12. The van der Waals surface area contributed by atoms with Crippen LogP contribution in [-0.2, 0) is 0 Å². The van der Waals surface area contributed by atoms with E-state index in [9.17, 15) is 0 Å². The van der Waals surface area contributed by atoms with Crippen molar-refractivity contribution in [1.29, 1.82) is 0 Å². The van der Waals surface area contributed by atoms with Gasteiger partial charge in [-0.25, -0.2) is 29.9 Å². The fourth-order valence-corrected chi connectivity index (χ4v) is 14.6. The van der Waals surface area contributed by atoms with Gasteiger partial charge in [0.2, 0.25) is 17.8 Å². The quantitative estimate of drug-likeness (QED) is 0.157. The molecule has 0 saturated heterocycles. The van der Waals surface area contributed by atoms with Gasteiger partial charge in [0.1, 0.15) is 5.69 Å². The molecule has 0 N–H and O–H groups in total. The monoisotopic (exact) mass is 1270 g/mol. The van der Waals surface area contributed by atoms with Gasteiger partial charge >= 0.3 is 0 Å². The number of hydrogen-bond acceptors (Lipinski definition) is 12. The Balaban J connectivity index is 0.000000104. The molecule has 0 saturated carbocycles. The summed E-state index contributed by atoms with van der Waals surface area (Å²) < 4.78 is 0. The molecule has 99 heavy (non-hydrogen) atoms. The van der Waals surface area contributed by atoms with Crippen molar-refractivity contribution in [3.63, 3.8) is 0 Å². The van der Waals surface area contributed by atoms with Crippen LogP contribution in [0.3, 0.4) is 0 Å². The lowest BCUT2D eigenvalue weighted by Crippen LogP contribution is -2.18. The molecular weight excluding hydrogens is 1210 g/mol. The van der Waals surface area contributed by atoms with Gasteiger partial charge in [-0.05, 0) is 124 Å². The van der Waals surface area contributed by atoms with Crippen LogP contribution < -0.4 is 14.7 Å². The predicted octanol–water partition coefficient (Wildman–Crippen LogP) is 21.9. The molecule has 0 unspecified atom stereocenters. The lowest BCUT2D eigenvalue weighted by Gasteiger charge is -2.32. The van der Waals surface area contributed by atoms with Crippen molar-refractivity contribution in [2.75, 3.05) is 14.7 Å². The van der Waals surface area contributed by atoms with E-state index in [0.29, 0.717) is 17.8 Å². The number of benzene rings is 12. The van der Waals surface area contributed by atoms with Crippen molar-refractivity contribution in [2.45, 2.75) is 0 Å². The van der Waals surface area contributed by atoms with Crippen molar-refractivity contribution in [3.05, 3.63) is 328 Å². The zero-order chi connectivity index (χ0) is 65.3. The summed E-state index contributed by atoms with van der Waals surface area (Å²) in [4.78, 5) is 50.2. The van der Waals surface area contributed by atoms with Gasteiger partial charge in [0.25, 0.3) is 0 Å². The summed E-state index contributed by atoms with van der Waals surface area (Å²) >= 11 is 0. The van der Waals surface area contributed by atoms with E-state index < -0.39 is 0 Å². The highest BCUT2D eigenvalue weighted by Crippen LogP contribution is 2.54. The third kappa shape index (κ3) is 9.56. The molecule has 462 valence electrons. The molecule has 3 aliphatic heterocycles. The smallest absolute Gasteiger partial charge is 0.235 e. The fraction of sp³-hybridized carbons (Fsp3) is 0. The molecule has 0 amide bonds. The first-order valence-electron chi connectivity index (χ1n) is 32.9. The van der Waals surface area contributed by atoms with E-state index in [1.165, 1.54) is 65.7 Å². The standard InChI is InChI=1S/3C29H18N4/c1-3-14-24-23(12-1)28(20-10-7-17-30-18-20)32-29(31-24)33-25-15-4-2-11-21(25)22-13-5-8-19-9-6-16-26(33)27(19)22;1-3-12-24-23(10-1)28(20-15-17-30-18-16-20)32-29(31-24)33-25-13-4-2-9-21(25)22-11-5-7-19-8-6-14-26(33)27(19)22;1-3-14-23-22(12-1)28(24-15-5-6-18-30-24)32-29(31-23)33-25-16-4-2-11-20(25)21-13-7-9-19-10-8-17-26(33)27(19)21/h3*1-18H. The zero-order valence-electron chi connectivity index (χ0n) is 53.0. The lowest BCUT2D eigenvalue weighted by molar-refractivity contribution is 1.11. The first-order valence-corrected chi connectivity index (χ1v) is 32.9. The van der Waals surface area contributed by atoms with Gasteiger partial charge in [0.05, 0.1) is 67.8 Å². The molecule has 0 radical (unpaired) electrons. The number of rotatable bonds is 6. The number of pyridine rings is 3. The van der Waals surface area contributed by atoms with Gasteiger partial charge in [0.15, 0.2) is 0 Å². The van der Waals surface area contributed by atoms with E-state index in [1.54, 1.807) is 24.8 Å². The molecule has 6 aromatic heterocycles. The number of aromatic nitrogens is 9. The molecule has 0 spiro atoms. The highest BCUT2D eigenvalue weighted by Gasteiger charge is 2.32. The molecule has 0 aliphatic carbocycles. The van der Waals surface area contributed by atoms with Crippen LogP contribution in [0, 0.1) is 0 Å². The Labute approximate surface area is 568 Å². The summed E-state index contributed by atoms with van der Waals surface area (Å²) in [5.74, 6) is 1.96. The number of fused-ring (bicyclic) bond motifs is 9. The van der Waals surface area contributed by atoms with Crippen LogP contribution in [0.15, 0.2) is 328 Å². The third-order valence-electron chi connectivity index (χ3n) is 18.8. The Morgan fingerprint density at radius 2 is 0.586 bits per heavy atom. The lowest BCUT2D eigenvalue weighted by atomic mass is 9.91. The molecule has 0 fully saturated rings. The minimum atomic E-state index is 0.642. The van der Waals surface area contributed by atoms with Gasteiger partial charge in [0, 0.05) is 91.1 Å². The summed E-state index contributed by atoms with van der Waals surface area (Å²) in [5, 5.41) is 10.3. The van der Waals surface area contributed by atoms with Crippen molar-refractivity contribution in [2.24, 2.45) is 0 Å². The summed E-state index contributed by atoms with van der Waals surface area (Å²) in [7, 11) is 0. The highest BCUT2D eigenvalue weighted by molar-refractivity contribution is 6.16. The second-order valence-corrected chi connectivity index (χ2v) is 24.5.